The molecule has 0 radical (unpaired) electrons. The standard InChI is InChI=1S/C25H21ClN2O5/c1-3-33-20-13-16(4-7-19(20)29)22-21(23(30)15-8-10-27-11-9-15)24(31)25(32)28(22)18-6-5-17(26)12-14(18)2/h4-13,22,29-30H,3H2,1-2H3/b23-21+. The summed E-state index contributed by atoms with van der Waals surface area (Å²) < 4.78 is 5.51. The molecule has 2 N–H and O–H groups in total. The summed E-state index contributed by atoms with van der Waals surface area (Å²) in [7, 11) is 0. The SMILES string of the molecule is CCOc1cc(C2/C(=C(\O)c3ccncc3)C(=O)C(=O)N2c2ccc(Cl)cc2C)ccc1O. The quantitative estimate of drug-likeness (QED) is 0.320. The molecule has 0 bridgehead atoms. The summed E-state index contributed by atoms with van der Waals surface area (Å²) in [6.45, 7) is 3.87. The molecule has 0 aliphatic carbocycles. The number of Topliss-reactive ketones (excluding diaryl/α,β-unsaturated/α-hetero) is 1. The Morgan fingerprint density at radius 1 is 1.12 bits per heavy atom. The monoisotopic (exact) mass is 464 g/mol. The van der Waals surface area contributed by atoms with Gasteiger partial charge in [-0.25, -0.2) is 0 Å². The first-order valence-corrected chi connectivity index (χ1v) is 10.6. The van der Waals surface area contributed by atoms with Gasteiger partial charge in [0.15, 0.2) is 11.5 Å². The number of carbonyl (C=O) groups is 2. The van der Waals surface area contributed by atoms with Crippen molar-refractivity contribution in [2.45, 2.75) is 19.9 Å². The van der Waals surface area contributed by atoms with Crippen molar-refractivity contribution in [2.24, 2.45) is 0 Å². The van der Waals surface area contributed by atoms with E-state index in [0.717, 1.165) is 0 Å². The van der Waals surface area contributed by atoms with Crippen molar-refractivity contribution in [3.05, 3.63) is 88.2 Å². The van der Waals surface area contributed by atoms with E-state index in [-0.39, 0.29) is 22.8 Å². The number of phenolic OH excluding ortho intramolecular Hbond substituents is 1. The minimum Gasteiger partial charge on any atom is -0.507 e. The Bertz CT molecular complexity index is 1270. The van der Waals surface area contributed by atoms with Crippen LogP contribution in [0, 0.1) is 6.92 Å². The number of ketones is 1. The molecular formula is C25H21ClN2O5. The third-order valence-corrected chi connectivity index (χ3v) is 5.65. The predicted octanol–water partition coefficient (Wildman–Crippen LogP) is 4.77. The van der Waals surface area contributed by atoms with Gasteiger partial charge in [0.25, 0.3) is 11.7 Å². The lowest BCUT2D eigenvalue weighted by molar-refractivity contribution is -0.132. The number of ether oxygens (including phenoxy) is 1. The highest BCUT2D eigenvalue weighted by Gasteiger charge is 2.47. The lowest BCUT2D eigenvalue weighted by Gasteiger charge is -2.27. The summed E-state index contributed by atoms with van der Waals surface area (Å²) in [5.74, 6) is -1.80. The molecule has 2 heterocycles. The van der Waals surface area contributed by atoms with Crippen LogP contribution in [0.2, 0.25) is 5.02 Å². The van der Waals surface area contributed by atoms with Gasteiger partial charge in [0.05, 0.1) is 18.2 Å². The number of nitrogens with zero attached hydrogens (tertiary/aromatic N) is 2. The molecule has 0 saturated carbocycles. The number of halogens is 1. The minimum atomic E-state index is -0.960. The summed E-state index contributed by atoms with van der Waals surface area (Å²) in [6.07, 6.45) is 2.97. The average molecular weight is 465 g/mol. The molecule has 3 aromatic rings. The first kappa shape index (κ1) is 22.4. The van der Waals surface area contributed by atoms with Crippen LogP contribution in [-0.2, 0) is 9.59 Å². The molecule has 1 fully saturated rings. The van der Waals surface area contributed by atoms with Gasteiger partial charge >= 0.3 is 0 Å². The summed E-state index contributed by atoms with van der Waals surface area (Å²) >= 11 is 6.10. The number of rotatable bonds is 5. The summed E-state index contributed by atoms with van der Waals surface area (Å²) in [6, 6.07) is 11.7. The number of anilines is 1. The van der Waals surface area contributed by atoms with Crippen molar-refractivity contribution in [3.8, 4) is 11.5 Å². The first-order valence-electron chi connectivity index (χ1n) is 10.3. The van der Waals surface area contributed by atoms with E-state index in [4.69, 9.17) is 16.3 Å². The van der Waals surface area contributed by atoms with Gasteiger partial charge in [-0.1, -0.05) is 17.7 Å². The molecule has 1 aliphatic rings. The molecule has 168 valence electrons. The van der Waals surface area contributed by atoms with Crippen LogP contribution < -0.4 is 9.64 Å². The van der Waals surface area contributed by atoms with Crippen molar-refractivity contribution in [1.82, 2.24) is 4.98 Å². The molecule has 1 saturated heterocycles. The molecular weight excluding hydrogens is 444 g/mol. The molecule has 2 aromatic carbocycles. The molecule has 33 heavy (non-hydrogen) atoms. The lowest BCUT2D eigenvalue weighted by Crippen LogP contribution is -2.30. The van der Waals surface area contributed by atoms with Gasteiger partial charge in [0, 0.05) is 28.7 Å². The average Bonchev–Trinajstić information content (AvgIpc) is 3.06. The van der Waals surface area contributed by atoms with Crippen molar-refractivity contribution in [3.63, 3.8) is 0 Å². The molecule has 8 heteroatoms. The Hall–Kier alpha value is -3.84. The van der Waals surface area contributed by atoms with E-state index in [2.05, 4.69) is 4.98 Å². The molecule has 1 atom stereocenters. The van der Waals surface area contributed by atoms with Gasteiger partial charge in [0.1, 0.15) is 5.76 Å². The van der Waals surface area contributed by atoms with Crippen molar-refractivity contribution >= 4 is 34.7 Å². The van der Waals surface area contributed by atoms with Gasteiger partial charge in [-0.2, -0.15) is 0 Å². The van der Waals surface area contributed by atoms with Crippen LogP contribution in [0.25, 0.3) is 5.76 Å². The van der Waals surface area contributed by atoms with Gasteiger partial charge < -0.3 is 14.9 Å². The lowest BCUT2D eigenvalue weighted by atomic mass is 9.95. The fourth-order valence-corrected chi connectivity index (χ4v) is 4.15. The van der Waals surface area contributed by atoms with E-state index in [9.17, 15) is 19.8 Å². The maximum absolute atomic E-state index is 13.3. The number of phenols is 1. The second-order valence-electron chi connectivity index (χ2n) is 7.50. The maximum atomic E-state index is 13.3. The second-order valence-corrected chi connectivity index (χ2v) is 7.93. The number of aryl methyl sites for hydroxylation is 1. The number of aromatic hydroxyl groups is 1. The van der Waals surface area contributed by atoms with Crippen LogP contribution in [0.3, 0.4) is 0 Å². The Morgan fingerprint density at radius 2 is 1.85 bits per heavy atom. The third-order valence-electron chi connectivity index (χ3n) is 5.42. The molecule has 1 amide bonds. The molecule has 1 aromatic heterocycles. The van der Waals surface area contributed by atoms with E-state index in [0.29, 0.717) is 34.0 Å². The van der Waals surface area contributed by atoms with E-state index in [1.807, 2.05) is 0 Å². The zero-order valence-corrected chi connectivity index (χ0v) is 18.7. The number of amides is 1. The molecule has 1 aliphatic heterocycles. The van der Waals surface area contributed by atoms with E-state index >= 15 is 0 Å². The van der Waals surface area contributed by atoms with Crippen LogP contribution >= 0.6 is 11.6 Å². The Kier molecular flexibility index (Phi) is 6.07. The number of aliphatic hydroxyl groups is 1. The normalized spacial score (nSPS) is 17.4. The topological polar surface area (TPSA) is 100.0 Å². The van der Waals surface area contributed by atoms with Crippen molar-refractivity contribution in [2.75, 3.05) is 11.5 Å². The highest BCUT2D eigenvalue weighted by Crippen LogP contribution is 2.45. The zero-order valence-electron chi connectivity index (χ0n) is 17.9. The molecule has 0 spiro atoms. The molecule has 1 unspecified atom stereocenters. The van der Waals surface area contributed by atoms with Crippen LogP contribution in [0.15, 0.2) is 66.5 Å². The smallest absolute Gasteiger partial charge is 0.300 e. The molecule has 4 rings (SSSR count). The van der Waals surface area contributed by atoms with Gasteiger partial charge in [-0.3, -0.25) is 19.5 Å². The predicted molar refractivity (Wildman–Crippen MR) is 124 cm³/mol. The van der Waals surface area contributed by atoms with Gasteiger partial charge in [-0.15, -0.1) is 0 Å². The van der Waals surface area contributed by atoms with E-state index < -0.39 is 17.7 Å². The van der Waals surface area contributed by atoms with E-state index in [1.165, 1.54) is 23.4 Å². The van der Waals surface area contributed by atoms with Gasteiger partial charge in [-0.05, 0) is 67.4 Å². The number of pyridine rings is 1. The third kappa shape index (κ3) is 4.03. The van der Waals surface area contributed by atoms with Crippen molar-refractivity contribution < 1.29 is 24.5 Å². The van der Waals surface area contributed by atoms with Crippen LogP contribution in [0.1, 0.15) is 29.7 Å². The fraction of sp³-hybridized carbons (Fsp3) is 0.160. The highest BCUT2D eigenvalue weighted by molar-refractivity contribution is 6.51. The Morgan fingerprint density at radius 3 is 2.52 bits per heavy atom. The number of carbonyl (C=O) groups excluding carboxylic acids is 2. The minimum absolute atomic E-state index is 0.0747. The van der Waals surface area contributed by atoms with Crippen LogP contribution in [0.5, 0.6) is 11.5 Å². The Labute approximate surface area is 195 Å². The largest absolute Gasteiger partial charge is 0.507 e. The zero-order chi connectivity index (χ0) is 23.7. The first-order chi connectivity index (χ1) is 15.8. The van der Waals surface area contributed by atoms with Crippen LogP contribution in [-0.4, -0.2) is 33.5 Å². The summed E-state index contributed by atoms with van der Waals surface area (Å²) in [5, 5.41) is 21.8. The number of benzene rings is 2. The highest BCUT2D eigenvalue weighted by atomic mass is 35.5. The number of aromatic nitrogens is 1. The number of aliphatic hydroxyl groups excluding tert-OH is 1. The summed E-state index contributed by atoms with van der Waals surface area (Å²) in [5.41, 5.74) is 1.92. The van der Waals surface area contributed by atoms with E-state index in [1.54, 1.807) is 56.3 Å². The second kappa shape index (κ2) is 8.96. The fourth-order valence-electron chi connectivity index (χ4n) is 3.92. The van der Waals surface area contributed by atoms with Crippen molar-refractivity contribution in [1.29, 1.82) is 0 Å². The number of hydrogen-bond donors (Lipinski definition) is 2. The summed E-state index contributed by atoms with van der Waals surface area (Å²) in [4.78, 5) is 31.7. The van der Waals surface area contributed by atoms with Crippen LogP contribution in [0.4, 0.5) is 5.69 Å². The Balaban J connectivity index is 1.98. The number of hydrogen-bond acceptors (Lipinski definition) is 6. The molecule has 7 nitrogen and oxygen atoms in total. The van der Waals surface area contributed by atoms with Gasteiger partial charge in [0.2, 0.25) is 0 Å². The maximum Gasteiger partial charge on any atom is 0.300 e.